The van der Waals surface area contributed by atoms with Crippen molar-refractivity contribution in [2.45, 2.75) is 26.3 Å². The van der Waals surface area contributed by atoms with Gasteiger partial charge >= 0.3 is 0 Å². The van der Waals surface area contributed by atoms with E-state index in [1.807, 2.05) is 18.2 Å². The molecule has 4 heteroatoms. The molecular weight excluding hydrogens is 238 g/mol. The van der Waals surface area contributed by atoms with Crippen molar-refractivity contribution in [3.05, 3.63) is 35.9 Å². The Morgan fingerprint density at radius 2 is 1.95 bits per heavy atom. The van der Waals surface area contributed by atoms with Gasteiger partial charge in [0.25, 0.3) is 0 Å². The fourth-order valence-corrected chi connectivity index (χ4v) is 1.59. The number of nitrogens with one attached hydrogen (secondary N) is 2. The van der Waals surface area contributed by atoms with Crippen LogP contribution >= 0.6 is 0 Å². The molecule has 1 aromatic rings. The highest BCUT2D eigenvalue weighted by atomic mass is 16.5. The number of unbranched alkanes of at least 4 members (excludes halogenated alkanes) is 1. The zero-order valence-electron chi connectivity index (χ0n) is 12.0. The minimum absolute atomic E-state index is 0.714. The molecule has 0 fully saturated rings. The third kappa shape index (κ3) is 7.47. The van der Waals surface area contributed by atoms with Gasteiger partial charge in [-0.25, -0.2) is 0 Å². The molecule has 19 heavy (non-hydrogen) atoms. The Morgan fingerprint density at radius 3 is 2.63 bits per heavy atom. The van der Waals surface area contributed by atoms with Gasteiger partial charge in [0, 0.05) is 26.7 Å². The highest BCUT2D eigenvalue weighted by molar-refractivity contribution is 5.79. The van der Waals surface area contributed by atoms with E-state index in [1.54, 1.807) is 7.05 Å². The lowest BCUT2D eigenvalue weighted by Gasteiger charge is -2.12. The van der Waals surface area contributed by atoms with E-state index < -0.39 is 0 Å². The third-order valence-corrected chi connectivity index (χ3v) is 2.71. The molecule has 0 spiro atoms. The van der Waals surface area contributed by atoms with Crippen LogP contribution in [0.4, 0.5) is 0 Å². The predicted molar refractivity (Wildman–Crippen MR) is 80.4 cm³/mol. The van der Waals surface area contributed by atoms with Crippen molar-refractivity contribution in [3.63, 3.8) is 0 Å². The molecule has 0 radical (unpaired) electrons. The van der Waals surface area contributed by atoms with Gasteiger partial charge in [-0.2, -0.15) is 0 Å². The van der Waals surface area contributed by atoms with Gasteiger partial charge in [-0.15, -0.1) is 0 Å². The lowest BCUT2D eigenvalue weighted by molar-refractivity contribution is 0.136. The van der Waals surface area contributed by atoms with Crippen molar-refractivity contribution in [2.24, 2.45) is 4.99 Å². The van der Waals surface area contributed by atoms with Gasteiger partial charge in [-0.1, -0.05) is 43.7 Å². The predicted octanol–water partition coefficient (Wildman–Crippen LogP) is 2.17. The lowest BCUT2D eigenvalue weighted by Crippen LogP contribution is -2.38. The van der Waals surface area contributed by atoms with Crippen LogP contribution < -0.4 is 10.6 Å². The monoisotopic (exact) mass is 263 g/mol. The average molecular weight is 263 g/mol. The van der Waals surface area contributed by atoms with Crippen molar-refractivity contribution in [1.82, 2.24) is 10.6 Å². The van der Waals surface area contributed by atoms with E-state index in [0.717, 1.165) is 32.1 Å². The smallest absolute Gasteiger partial charge is 0.191 e. The first kappa shape index (κ1) is 15.5. The van der Waals surface area contributed by atoms with Crippen LogP contribution in [0.1, 0.15) is 25.3 Å². The summed E-state index contributed by atoms with van der Waals surface area (Å²) in [7, 11) is 1.78. The molecular formula is C15H25N3O. The molecule has 0 bridgehead atoms. The van der Waals surface area contributed by atoms with Crippen LogP contribution in [0.3, 0.4) is 0 Å². The molecule has 0 heterocycles. The van der Waals surface area contributed by atoms with Crippen LogP contribution in [0.25, 0.3) is 0 Å². The molecule has 0 aromatic heterocycles. The van der Waals surface area contributed by atoms with Crippen LogP contribution in [0, 0.1) is 0 Å². The van der Waals surface area contributed by atoms with Gasteiger partial charge in [-0.3, -0.25) is 4.99 Å². The first-order chi connectivity index (χ1) is 9.36. The van der Waals surface area contributed by atoms with Gasteiger partial charge in [0.1, 0.15) is 0 Å². The molecule has 0 amide bonds. The van der Waals surface area contributed by atoms with Crippen LogP contribution in [0.2, 0.25) is 0 Å². The Labute approximate surface area is 116 Å². The average Bonchev–Trinajstić information content (AvgIpc) is 2.47. The van der Waals surface area contributed by atoms with Crippen LogP contribution in [0.15, 0.2) is 35.3 Å². The van der Waals surface area contributed by atoms with Gasteiger partial charge in [0.15, 0.2) is 5.96 Å². The molecule has 0 atom stereocenters. The second kappa shape index (κ2) is 10.4. The first-order valence-electron chi connectivity index (χ1n) is 6.93. The van der Waals surface area contributed by atoms with Crippen LogP contribution in [-0.4, -0.2) is 32.8 Å². The number of hydrogen-bond donors (Lipinski definition) is 2. The number of hydrogen-bond acceptors (Lipinski definition) is 2. The molecule has 0 aliphatic carbocycles. The van der Waals surface area contributed by atoms with Crippen molar-refractivity contribution in [3.8, 4) is 0 Å². The van der Waals surface area contributed by atoms with Crippen molar-refractivity contribution < 1.29 is 4.74 Å². The molecule has 1 aromatic carbocycles. The lowest BCUT2D eigenvalue weighted by atomic mass is 10.2. The molecule has 1 rings (SSSR count). The summed E-state index contributed by atoms with van der Waals surface area (Å²) >= 11 is 0. The van der Waals surface area contributed by atoms with E-state index in [0.29, 0.717) is 6.61 Å². The summed E-state index contributed by atoms with van der Waals surface area (Å²) < 4.78 is 5.49. The molecule has 2 N–H and O–H groups in total. The largest absolute Gasteiger partial charge is 0.380 e. The maximum Gasteiger partial charge on any atom is 0.191 e. The summed E-state index contributed by atoms with van der Waals surface area (Å²) in [6.45, 7) is 5.27. The van der Waals surface area contributed by atoms with Gasteiger partial charge in [0.2, 0.25) is 0 Å². The maximum absolute atomic E-state index is 5.49. The molecule has 0 saturated carbocycles. The quantitative estimate of drug-likeness (QED) is 0.429. The number of guanidine groups is 1. The van der Waals surface area contributed by atoms with E-state index in [-0.39, 0.29) is 0 Å². The molecule has 4 nitrogen and oxygen atoms in total. The summed E-state index contributed by atoms with van der Waals surface area (Å²) in [4.78, 5) is 4.18. The van der Waals surface area contributed by atoms with Gasteiger partial charge < -0.3 is 15.4 Å². The van der Waals surface area contributed by atoms with E-state index in [4.69, 9.17) is 4.74 Å². The fourth-order valence-electron chi connectivity index (χ4n) is 1.59. The van der Waals surface area contributed by atoms with Crippen LogP contribution in [0.5, 0.6) is 0 Å². The number of nitrogens with zero attached hydrogens (tertiary/aromatic N) is 1. The Balaban J connectivity index is 2.13. The zero-order valence-corrected chi connectivity index (χ0v) is 12.0. The van der Waals surface area contributed by atoms with Crippen molar-refractivity contribution in [2.75, 3.05) is 26.8 Å². The number of aliphatic imine (C=N–C) groups is 1. The Bertz CT molecular complexity index is 352. The summed E-state index contributed by atoms with van der Waals surface area (Å²) in [5.41, 5.74) is 1.24. The Morgan fingerprint density at radius 1 is 1.16 bits per heavy atom. The molecule has 0 aliphatic heterocycles. The fraction of sp³-hybridized carbons (Fsp3) is 0.533. The maximum atomic E-state index is 5.49. The topological polar surface area (TPSA) is 45.6 Å². The number of rotatable bonds is 8. The summed E-state index contributed by atoms with van der Waals surface area (Å²) in [5, 5.41) is 6.50. The summed E-state index contributed by atoms with van der Waals surface area (Å²) in [6.07, 6.45) is 2.30. The molecule has 0 saturated heterocycles. The minimum atomic E-state index is 0.714. The normalized spacial score (nSPS) is 11.4. The second-order valence-electron chi connectivity index (χ2n) is 4.30. The highest BCUT2D eigenvalue weighted by Gasteiger charge is 1.97. The second-order valence-corrected chi connectivity index (χ2v) is 4.30. The SMILES string of the molecule is CCCCOCCNC(=NC)NCc1ccccc1. The summed E-state index contributed by atoms with van der Waals surface area (Å²) in [5.74, 6) is 0.808. The molecule has 0 unspecified atom stereocenters. The number of ether oxygens (including phenoxy) is 1. The van der Waals surface area contributed by atoms with E-state index in [1.165, 1.54) is 12.0 Å². The Hall–Kier alpha value is -1.55. The minimum Gasteiger partial charge on any atom is -0.380 e. The van der Waals surface area contributed by atoms with E-state index in [2.05, 4.69) is 34.7 Å². The van der Waals surface area contributed by atoms with Gasteiger partial charge in [-0.05, 0) is 12.0 Å². The summed E-state index contributed by atoms with van der Waals surface area (Å²) in [6, 6.07) is 10.3. The van der Waals surface area contributed by atoms with Crippen molar-refractivity contribution >= 4 is 5.96 Å². The highest BCUT2D eigenvalue weighted by Crippen LogP contribution is 1.96. The Kier molecular flexibility index (Phi) is 8.47. The van der Waals surface area contributed by atoms with E-state index in [9.17, 15) is 0 Å². The zero-order chi connectivity index (χ0) is 13.8. The standard InChI is InChI=1S/C15H25N3O/c1-3-4-11-19-12-10-17-15(16-2)18-13-14-8-6-5-7-9-14/h5-9H,3-4,10-13H2,1-2H3,(H2,16,17,18). The first-order valence-corrected chi connectivity index (χ1v) is 6.93. The van der Waals surface area contributed by atoms with Gasteiger partial charge in [0.05, 0.1) is 6.61 Å². The van der Waals surface area contributed by atoms with E-state index >= 15 is 0 Å². The molecule has 0 aliphatic rings. The number of benzene rings is 1. The third-order valence-electron chi connectivity index (χ3n) is 2.71. The van der Waals surface area contributed by atoms with Crippen LogP contribution in [-0.2, 0) is 11.3 Å². The molecule has 106 valence electrons. The van der Waals surface area contributed by atoms with Crippen molar-refractivity contribution in [1.29, 1.82) is 0 Å².